The number of aliphatic imine (C=N–C) groups is 1. The molecule has 0 amide bonds. The zero-order chi connectivity index (χ0) is 14.5. The first-order valence-electron chi connectivity index (χ1n) is 7.89. The average molecular weight is 426 g/mol. The molecule has 1 saturated carbocycles. The second kappa shape index (κ2) is 9.45. The van der Waals surface area contributed by atoms with Crippen LogP contribution >= 0.6 is 35.7 Å². The average Bonchev–Trinajstić information content (AvgIpc) is 3.28. The summed E-state index contributed by atoms with van der Waals surface area (Å²) >= 11 is 2.11. The summed E-state index contributed by atoms with van der Waals surface area (Å²) in [6.07, 6.45) is 2.76. The number of halogens is 1. The third-order valence-corrected chi connectivity index (χ3v) is 5.81. The largest absolute Gasteiger partial charge is 0.355 e. The quantitative estimate of drug-likeness (QED) is 0.416. The standard InChI is InChI=1S/C15H30N4S.HI/c1-12(2)14-11-19(9-10-20-14)15(16-3)17-7-8-18(4)13-5-6-13;/h12-14H,5-11H2,1-4H3,(H,16,17);1H. The lowest BCUT2D eigenvalue weighted by Crippen LogP contribution is -2.50. The van der Waals surface area contributed by atoms with Gasteiger partial charge < -0.3 is 15.1 Å². The molecule has 0 radical (unpaired) electrons. The molecular weight excluding hydrogens is 395 g/mol. The molecule has 1 saturated heterocycles. The van der Waals surface area contributed by atoms with Crippen LogP contribution in [0.15, 0.2) is 4.99 Å². The van der Waals surface area contributed by atoms with Crippen LogP contribution in [-0.4, -0.2) is 73.1 Å². The van der Waals surface area contributed by atoms with Crippen molar-refractivity contribution >= 4 is 41.7 Å². The highest BCUT2D eigenvalue weighted by Gasteiger charge is 2.26. The minimum atomic E-state index is 0. The van der Waals surface area contributed by atoms with Crippen molar-refractivity contribution in [3.05, 3.63) is 0 Å². The van der Waals surface area contributed by atoms with Gasteiger partial charge in [-0.3, -0.25) is 4.99 Å². The Labute approximate surface area is 151 Å². The molecule has 0 aromatic carbocycles. The second-order valence-corrected chi connectivity index (χ2v) is 7.63. The van der Waals surface area contributed by atoms with Gasteiger partial charge in [-0.05, 0) is 25.8 Å². The lowest BCUT2D eigenvalue weighted by atomic mass is 10.1. The van der Waals surface area contributed by atoms with Crippen LogP contribution in [0.3, 0.4) is 0 Å². The number of thioether (sulfide) groups is 1. The highest BCUT2D eigenvalue weighted by molar-refractivity contribution is 14.0. The Morgan fingerprint density at radius 1 is 1.43 bits per heavy atom. The third kappa shape index (κ3) is 6.14. The normalized spacial score (nSPS) is 23.4. The van der Waals surface area contributed by atoms with Crippen LogP contribution in [0.25, 0.3) is 0 Å². The van der Waals surface area contributed by atoms with Crippen LogP contribution in [0.2, 0.25) is 0 Å². The van der Waals surface area contributed by atoms with Gasteiger partial charge in [-0.15, -0.1) is 24.0 Å². The topological polar surface area (TPSA) is 30.9 Å². The van der Waals surface area contributed by atoms with Crippen molar-refractivity contribution in [2.75, 3.05) is 46.0 Å². The molecule has 2 aliphatic rings. The fourth-order valence-electron chi connectivity index (χ4n) is 2.65. The Morgan fingerprint density at radius 2 is 2.14 bits per heavy atom. The van der Waals surface area contributed by atoms with Crippen molar-refractivity contribution < 1.29 is 0 Å². The fraction of sp³-hybridized carbons (Fsp3) is 0.933. The number of hydrogen-bond donors (Lipinski definition) is 1. The van der Waals surface area contributed by atoms with Gasteiger partial charge in [-0.25, -0.2) is 0 Å². The molecule has 0 aromatic heterocycles. The number of likely N-dealkylation sites (N-methyl/N-ethyl adjacent to an activating group) is 1. The van der Waals surface area contributed by atoms with E-state index in [1.165, 1.54) is 18.6 Å². The van der Waals surface area contributed by atoms with Gasteiger partial charge >= 0.3 is 0 Å². The fourth-order valence-corrected chi connectivity index (χ4v) is 3.94. The molecule has 1 N–H and O–H groups in total. The number of guanidine groups is 1. The molecule has 6 heteroatoms. The molecule has 1 unspecified atom stereocenters. The second-order valence-electron chi connectivity index (χ2n) is 6.29. The molecule has 0 bridgehead atoms. The van der Waals surface area contributed by atoms with Crippen molar-refractivity contribution in [1.82, 2.24) is 15.1 Å². The molecule has 124 valence electrons. The SMILES string of the molecule is CN=C(NCCN(C)C1CC1)N1CCSC(C(C)C)C1.I. The van der Waals surface area contributed by atoms with Gasteiger partial charge in [0.2, 0.25) is 0 Å². The molecule has 0 spiro atoms. The maximum atomic E-state index is 4.47. The summed E-state index contributed by atoms with van der Waals surface area (Å²) in [6, 6.07) is 0.843. The predicted molar refractivity (Wildman–Crippen MR) is 105 cm³/mol. The summed E-state index contributed by atoms with van der Waals surface area (Å²) in [7, 11) is 4.13. The first-order chi connectivity index (χ1) is 9.61. The maximum absolute atomic E-state index is 4.47. The third-order valence-electron chi connectivity index (χ3n) is 4.27. The Hall–Kier alpha value is 0.310. The van der Waals surface area contributed by atoms with E-state index in [0.29, 0.717) is 0 Å². The molecule has 1 atom stereocenters. The van der Waals surface area contributed by atoms with Crippen LogP contribution in [0.4, 0.5) is 0 Å². The van der Waals surface area contributed by atoms with E-state index in [1.54, 1.807) is 0 Å². The maximum Gasteiger partial charge on any atom is 0.193 e. The first-order valence-corrected chi connectivity index (χ1v) is 8.94. The van der Waals surface area contributed by atoms with Gasteiger partial charge in [-0.1, -0.05) is 13.8 Å². The van der Waals surface area contributed by atoms with E-state index < -0.39 is 0 Å². The zero-order valence-corrected chi connectivity index (χ0v) is 17.0. The Morgan fingerprint density at radius 3 is 2.71 bits per heavy atom. The summed E-state index contributed by atoms with van der Waals surface area (Å²) in [6.45, 7) is 8.99. The predicted octanol–water partition coefficient (Wildman–Crippen LogP) is 2.35. The van der Waals surface area contributed by atoms with Crippen LogP contribution in [0.1, 0.15) is 26.7 Å². The summed E-state index contributed by atoms with van der Waals surface area (Å²) in [5.41, 5.74) is 0. The Balaban J connectivity index is 0.00000220. The molecular formula is C15H31IN4S. The summed E-state index contributed by atoms with van der Waals surface area (Å²) in [4.78, 5) is 9.36. The van der Waals surface area contributed by atoms with Crippen molar-refractivity contribution in [2.24, 2.45) is 10.9 Å². The minimum Gasteiger partial charge on any atom is -0.355 e. The minimum absolute atomic E-state index is 0. The van der Waals surface area contributed by atoms with Gasteiger partial charge in [0.25, 0.3) is 0 Å². The van der Waals surface area contributed by atoms with Crippen molar-refractivity contribution in [1.29, 1.82) is 0 Å². The Bertz CT molecular complexity index is 334. The summed E-state index contributed by atoms with van der Waals surface area (Å²) in [5, 5.41) is 4.27. The van der Waals surface area contributed by atoms with E-state index in [9.17, 15) is 0 Å². The van der Waals surface area contributed by atoms with E-state index in [-0.39, 0.29) is 24.0 Å². The van der Waals surface area contributed by atoms with Crippen LogP contribution in [0.5, 0.6) is 0 Å². The molecule has 4 nitrogen and oxygen atoms in total. The molecule has 1 aliphatic carbocycles. The number of rotatable bonds is 5. The van der Waals surface area contributed by atoms with Crippen LogP contribution in [-0.2, 0) is 0 Å². The first kappa shape index (κ1) is 19.4. The highest BCUT2D eigenvalue weighted by Crippen LogP contribution is 2.25. The van der Waals surface area contributed by atoms with E-state index >= 15 is 0 Å². The number of hydrogen-bond acceptors (Lipinski definition) is 3. The van der Waals surface area contributed by atoms with Gasteiger partial charge in [0.15, 0.2) is 5.96 Å². The molecule has 21 heavy (non-hydrogen) atoms. The van der Waals surface area contributed by atoms with Crippen molar-refractivity contribution in [3.63, 3.8) is 0 Å². The smallest absolute Gasteiger partial charge is 0.193 e. The number of nitrogens with zero attached hydrogens (tertiary/aromatic N) is 3. The van der Waals surface area contributed by atoms with Gasteiger partial charge in [0.1, 0.15) is 0 Å². The monoisotopic (exact) mass is 426 g/mol. The number of nitrogens with one attached hydrogen (secondary N) is 1. The zero-order valence-electron chi connectivity index (χ0n) is 13.8. The van der Waals surface area contributed by atoms with E-state index in [0.717, 1.165) is 49.3 Å². The van der Waals surface area contributed by atoms with E-state index in [1.807, 2.05) is 7.05 Å². The van der Waals surface area contributed by atoms with Gasteiger partial charge in [0, 0.05) is 50.3 Å². The van der Waals surface area contributed by atoms with Crippen LogP contribution < -0.4 is 5.32 Å². The lowest BCUT2D eigenvalue weighted by Gasteiger charge is -2.36. The summed E-state index contributed by atoms with van der Waals surface area (Å²) in [5.74, 6) is 3.04. The summed E-state index contributed by atoms with van der Waals surface area (Å²) < 4.78 is 0. The molecule has 2 fully saturated rings. The Kier molecular flexibility index (Phi) is 8.71. The van der Waals surface area contributed by atoms with Gasteiger partial charge in [0.05, 0.1) is 0 Å². The van der Waals surface area contributed by atoms with Crippen LogP contribution in [0, 0.1) is 5.92 Å². The lowest BCUT2D eigenvalue weighted by molar-refractivity contribution is 0.323. The highest BCUT2D eigenvalue weighted by atomic mass is 127. The molecule has 1 aliphatic heterocycles. The van der Waals surface area contributed by atoms with Crippen molar-refractivity contribution in [2.45, 2.75) is 38.0 Å². The van der Waals surface area contributed by atoms with E-state index in [4.69, 9.17) is 0 Å². The molecule has 1 heterocycles. The van der Waals surface area contributed by atoms with Gasteiger partial charge in [-0.2, -0.15) is 11.8 Å². The molecule has 0 aromatic rings. The van der Waals surface area contributed by atoms with Crippen molar-refractivity contribution in [3.8, 4) is 0 Å². The van der Waals surface area contributed by atoms with E-state index in [2.05, 4.69) is 52.8 Å². The molecule has 2 rings (SSSR count).